The molecule has 0 aromatic carbocycles. The van der Waals surface area contributed by atoms with Crippen LogP contribution >= 0.6 is 15.9 Å². The monoisotopic (exact) mass is 286 g/mol. The highest BCUT2D eigenvalue weighted by Gasteiger charge is 2.28. The maximum atomic E-state index is 12.1. The molecule has 1 aliphatic heterocycles. The minimum atomic E-state index is -0.0237. The molecule has 1 aromatic heterocycles. The van der Waals surface area contributed by atoms with E-state index in [-0.39, 0.29) is 5.91 Å². The van der Waals surface area contributed by atoms with Crippen LogP contribution in [0.3, 0.4) is 0 Å². The molecule has 0 aliphatic carbocycles. The van der Waals surface area contributed by atoms with E-state index in [4.69, 9.17) is 0 Å². The fourth-order valence-corrected chi connectivity index (χ4v) is 2.43. The van der Waals surface area contributed by atoms with Gasteiger partial charge in [-0.2, -0.15) is 0 Å². The lowest BCUT2D eigenvalue weighted by molar-refractivity contribution is 0.0700. The van der Waals surface area contributed by atoms with E-state index < -0.39 is 0 Å². The maximum Gasteiger partial charge on any atom is 0.276 e. The van der Waals surface area contributed by atoms with Gasteiger partial charge >= 0.3 is 0 Å². The van der Waals surface area contributed by atoms with Gasteiger partial charge in [-0.1, -0.05) is 28.1 Å². The number of amides is 1. The number of halogens is 1. The zero-order chi connectivity index (χ0) is 11.7. The Kier molecular flexibility index (Phi) is 3.28. The van der Waals surface area contributed by atoms with Gasteiger partial charge in [-0.3, -0.25) is 9.48 Å². The van der Waals surface area contributed by atoms with Crippen molar-refractivity contribution in [3.05, 3.63) is 11.9 Å². The number of piperidine rings is 1. The third-order valence-corrected chi connectivity index (χ3v) is 4.17. The van der Waals surface area contributed by atoms with Gasteiger partial charge in [0.2, 0.25) is 0 Å². The summed E-state index contributed by atoms with van der Waals surface area (Å²) < 4.78 is 1.55. The van der Waals surface area contributed by atoms with Crippen molar-refractivity contribution in [2.75, 3.05) is 13.1 Å². The predicted octanol–water partition coefficient (Wildman–Crippen LogP) is 1.06. The van der Waals surface area contributed by atoms with Gasteiger partial charge in [0.15, 0.2) is 5.69 Å². The number of carbonyl (C=O) groups excluding carboxylic acids is 1. The van der Waals surface area contributed by atoms with E-state index in [1.54, 1.807) is 17.9 Å². The Bertz CT molecular complexity index is 392. The van der Waals surface area contributed by atoms with Crippen molar-refractivity contribution in [1.82, 2.24) is 19.9 Å². The summed E-state index contributed by atoms with van der Waals surface area (Å²) in [6.07, 6.45) is 2.69. The van der Waals surface area contributed by atoms with Crippen molar-refractivity contribution < 1.29 is 4.79 Å². The van der Waals surface area contributed by atoms with Gasteiger partial charge in [0, 0.05) is 25.0 Å². The molecule has 0 N–H and O–H groups in total. The van der Waals surface area contributed by atoms with E-state index in [1.807, 2.05) is 4.90 Å². The third-order valence-electron chi connectivity index (χ3n) is 2.98. The highest BCUT2D eigenvalue weighted by atomic mass is 79.9. The summed E-state index contributed by atoms with van der Waals surface area (Å²) in [5.74, 6) is 0.593. The lowest BCUT2D eigenvalue weighted by Gasteiger charge is -2.33. The smallest absolute Gasteiger partial charge is 0.276 e. The number of rotatable bonds is 1. The predicted molar refractivity (Wildman–Crippen MR) is 63.4 cm³/mol. The molecule has 0 spiro atoms. The van der Waals surface area contributed by atoms with Crippen molar-refractivity contribution in [2.45, 2.75) is 18.2 Å². The zero-order valence-corrected chi connectivity index (χ0v) is 11.0. The Labute approximate surface area is 103 Å². The molecule has 0 bridgehead atoms. The zero-order valence-electron chi connectivity index (χ0n) is 9.43. The first-order chi connectivity index (χ1) is 7.58. The molecule has 2 heterocycles. The van der Waals surface area contributed by atoms with E-state index in [0.29, 0.717) is 16.4 Å². The minimum Gasteiger partial charge on any atom is -0.336 e. The standard InChI is InChI=1S/C10H15BrN4O/c1-7-3-4-15(5-8(7)11)10(16)9-6-14(2)13-12-9/h6-8H,3-5H2,1-2H3. The molecule has 1 aliphatic rings. The number of carbonyl (C=O) groups is 1. The highest BCUT2D eigenvalue weighted by Crippen LogP contribution is 2.23. The summed E-state index contributed by atoms with van der Waals surface area (Å²) in [5.41, 5.74) is 0.428. The second kappa shape index (κ2) is 4.53. The van der Waals surface area contributed by atoms with Crippen molar-refractivity contribution in [3.63, 3.8) is 0 Å². The summed E-state index contributed by atoms with van der Waals surface area (Å²) in [6.45, 7) is 3.75. The molecule has 0 radical (unpaired) electrons. The van der Waals surface area contributed by atoms with Gasteiger partial charge in [-0.05, 0) is 12.3 Å². The number of likely N-dealkylation sites (tertiary alicyclic amines) is 1. The second-order valence-electron chi connectivity index (χ2n) is 4.31. The first kappa shape index (κ1) is 11.6. The molecular formula is C10H15BrN4O. The van der Waals surface area contributed by atoms with Gasteiger partial charge < -0.3 is 4.90 Å². The minimum absolute atomic E-state index is 0.0237. The maximum absolute atomic E-state index is 12.1. The first-order valence-corrected chi connectivity index (χ1v) is 6.29. The molecule has 2 unspecified atom stereocenters. The number of alkyl halides is 1. The van der Waals surface area contributed by atoms with Gasteiger partial charge in [0.05, 0.1) is 6.20 Å². The highest BCUT2D eigenvalue weighted by molar-refractivity contribution is 9.09. The largest absolute Gasteiger partial charge is 0.336 e. The van der Waals surface area contributed by atoms with Crippen LogP contribution in [0.2, 0.25) is 0 Å². The van der Waals surface area contributed by atoms with E-state index in [0.717, 1.165) is 19.5 Å². The Balaban J connectivity index is 2.06. The van der Waals surface area contributed by atoms with E-state index in [2.05, 4.69) is 33.2 Å². The van der Waals surface area contributed by atoms with Crippen LogP contribution in [0.5, 0.6) is 0 Å². The molecular weight excluding hydrogens is 272 g/mol. The summed E-state index contributed by atoms with van der Waals surface area (Å²) in [6, 6.07) is 0. The van der Waals surface area contributed by atoms with Crippen molar-refractivity contribution in [3.8, 4) is 0 Å². The Morgan fingerprint density at radius 2 is 2.38 bits per heavy atom. The van der Waals surface area contributed by atoms with Crippen LogP contribution in [0, 0.1) is 5.92 Å². The van der Waals surface area contributed by atoms with Gasteiger partial charge in [-0.25, -0.2) is 0 Å². The molecule has 1 fully saturated rings. The molecule has 88 valence electrons. The average molecular weight is 287 g/mol. The number of aromatic nitrogens is 3. The summed E-state index contributed by atoms with van der Waals surface area (Å²) >= 11 is 3.60. The van der Waals surface area contributed by atoms with Crippen LogP contribution in [0.1, 0.15) is 23.8 Å². The van der Waals surface area contributed by atoms with Gasteiger partial charge in [0.25, 0.3) is 5.91 Å². The molecule has 1 amide bonds. The molecule has 1 aromatic rings. The molecule has 2 atom stereocenters. The molecule has 0 saturated carbocycles. The number of nitrogens with zero attached hydrogens (tertiary/aromatic N) is 4. The van der Waals surface area contributed by atoms with Crippen LogP contribution in [-0.2, 0) is 7.05 Å². The van der Waals surface area contributed by atoms with Crippen LogP contribution in [0.15, 0.2) is 6.20 Å². The number of hydrogen-bond acceptors (Lipinski definition) is 3. The summed E-state index contributed by atoms with van der Waals surface area (Å²) in [7, 11) is 1.76. The fraction of sp³-hybridized carbons (Fsp3) is 0.700. The van der Waals surface area contributed by atoms with Crippen molar-refractivity contribution in [2.24, 2.45) is 13.0 Å². The Morgan fingerprint density at radius 1 is 1.62 bits per heavy atom. The van der Waals surface area contributed by atoms with Crippen molar-refractivity contribution in [1.29, 1.82) is 0 Å². The van der Waals surface area contributed by atoms with E-state index in [1.165, 1.54) is 0 Å². The molecule has 1 saturated heterocycles. The topological polar surface area (TPSA) is 51.0 Å². The lowest BCUT2D eigenvalue weighted by atomic mass is 9.99. The van der Waals surface area contributed by atoms with Gasteiger partial charge in [-0.15, -0.1) is 5.10 Å². The lowest BCUT2D eigenvalue weighted by Crippen LogP contribution is -2.43. The number of hydrogen-bond donors (Lipinski definition) is 0. The first-order valence-electron chi connectivity index (χ1n) is 5.37. The fourth-order valence-electron chi connectivity index (χ4n) is 1.81. The number of aryl methyl sites for hydroxylation is 1. The van der Waals surface area contributed by atoms with Crippen LogP contribution in [-0.4, -0.2) is 43.7 Å². The Morgan fingerprint density at radius 3 is 2.94 bits per heavy atom. The summed E-state index contributed by atoms with van der Waals surface area (Å²) in [4.78, 5) is 14.3. The molecule has 6 heteroatoms. The van der Waals surface area contributed by atoms with Crippen LogP contribution in [0.25, 0.3) is 0 Å². The van der Waals surface area contributed by atoms with Gasteiger partial charge in [0.1, 0.15) is 0 Å². The molecule has 5 nitrogen and oxygen atoms in total. The summed E-state index contributed by atoms with van der Waals surface area (Å²) in [5, 5.41) is 7.62. The second-order valence-corrected chi connectivity index (χ2v) is 5.49. The quantitative estimate of drug-likeness (QED) is 0.726. The van der Waals surface area contributed by atoms with Crippen LogP contribution < -0.4 is 0 Å². The molecule has 2 rings (SSSR count). The van der Waals surface area contributed by atoms with E-state index >= 15 is 0 Å². The third kappa shape index (κ3) is 2.26. The normalized spacial score (nSPS) is 25.8. The molecule has 16 heavy (non-hydrogen) atoms. The van der Waals surface area contributed by atoms with E-state index in [9.17, 15) is 4.79 Å². The Hall–Kier alpha value is -0.910. The van der Waals surface area contributed by atoms with Crippen molar-refractivity contribution >= 4 is 21.8 Å². The SMILES string of the molecule is CC1CCN(C(=O)c2cn(C)nn2)CC1Br. The average Bonchev–Trinajstić information content (AvgIpc) is 2.68. The van der Waals surface area contributed by atoms with Crippen LogP contribution in [0.4, 0.5) is 0 Å².